The Morgan fingerprint density at radius 3 is 2.60 bits per heavy atom. The maximum Gasteiger partial charge on any atom is 0.257 e. The molecular weight excluding hydrogens is 378 g/mol. The zero-order valence-electron chi connectivity index (χ0n) is 18.5. The Labute approximate surface area is 179 Å². The van der Waals surface area contributed by atoms with Gasteiger partial charge in [-0.3, -0.25) is 4.99 Å². The molecule has 2 N–H and O–H groups in total. The zero-order chi connectivity index (χ0) is 21.2. The van der Waals surface area contributed by atoms with Gasteiger partial charge >= 0.3 is 0 Å². The van der Waals surface area contributed by atoms with Crippen LogP contribution in [0.5, 0.6) is 0 Å². The first-order chi connectivity index (χ1) is 14.7. The lowest BCUT2D eigenvalue weighted by molar-refractivity contribution is 0.138. The molecule has 164 valence electrons. The van der Waals surface area contributed by atoms with Crippen LogP contribution in [0, 0.1) is 5.41 Å². The third-order valence-electron chi connectivity index (χ3n) is 6.05. The maximum atomic E-state index is 5.33. The summed E-state index contributed by atoms with van der Waals surface area (Å²) in [6.45, 7) is 4.62. The Balaban J connectivity index is 1.45. The molecule has 0 unspecified atom stereocenters. The van der Waals surface area contributed by atoms with E-state index in [4.69, 9.17) is 9.26 Å². The Hall–Kier alpha value is -2.41. The molecule has 7 heteroatoms. The van der Waals surface area contributed by atoms with Gasteiger partial charge in [0.1, 0.15) is 0 Å². The molecule has 1 aromatic carbocycles. The number of aliphatic imine (C=N–C) groups is 1. The van der Waals surface area contributed by atoms with E-state index in [0.29, 0.717) is 11.3 Å². The van der Waals surface area contributed by atoms with Crippen LogP contribution in [0.2, 0.25) is 0 Å². The summed E-state index contributed by atoms with van der Waals surface area (Å²) < 4.78 is 10.6. The lowest BCUT2D eigenvalue weighted by Gasteiger charge is -2.30. The summed E-state index contributed by atoms with van der Waals surface area (Å²) in [4.78, 5) is 8.77. The predicted molar refractivity (Wildman–Crippen MR) is 120 cm³/mol. The second-order valence-corrected chi connectivity index (χ2v) is 8.12. The molecule has 0 bridgehead atoms. The second-order valence-electron chi connectivity index (χ2n) is 8.12. The van der Waals surface area contributed by atoms with Crippen molar-refractivity contribution in [3.05, 3.63) is 35.7 Å². The summed E-state index contributed by atoms with van der Waals surface area (Å²) in [6.07, 6.45) is 7.97. The second kappa shape index (κ2) is 11.1. The number of aryl methyl sites for hydroxylation is 1. The van der Waals surface area contributed by atoms with Crippen LogP contribution in [-0.4, -0.2) is 50.0 Å². The molecule has 2 aromatic rings. The first-order valence-electron chi connectivity index (χ1n) is 11.0. The van der Waals surface area contributed by atoms with Crippen molar-refractivity contribution in [2.75, 3.05) is 33.9 Å². The van der Waals surface area contributed by atoms with Crippen molar-refractivity contribution in [1.29, 1.82) is 0 Å². The fraction of sp³-hybridized carbons (Fsp3) is 0.609. The largest absolute Gasteiger partial charge is 0.385 e. The van der Waals surface area contributed by atoms with Crippen molar-refractivity contribution < 1.29 is 9.26 Å². The van der Waals surface area contributed by atoms with E-state index in [9.17, 15) is 0 Å². The number of hydrogen-bond acceptors (Lipinski definition) is 5. The molecule has 1 saturated carbocycles. The fourth-order valence-electron chi connectivity index (χ4n) is 4.10. The van der Waals surface area contributed by atoms with Gasteiger partial charge in [0, 0.05) is 45.8 Å². The fourth-order valence-corrected chi connectivity index (χ4v) is 4.10. The van der Waals surface area contributed by atoms with Crippen molar-refractivity contribution in [2.24, 2.45) is 10.4 Å². The summed E-state index contributed by atoms with van der Waals surface area (Å²) >= 11 is 0. The molecule has 1 heterocycles. The minimum atomic E-state index is 0.343. The van der Waals surface area contributed by atoms with Crippen molar-refractivity contribution in [2.45, 2.75) is 51.9 Å². The number of rotatable bonds is 10. The third kappa shape index (κ3) is 6.05. The molecule has 1 aliphatic rings. The van der Waals surface area contributed by atoms with Crippen LogP contribution in [0.1, 0.15) is 50.4 Å². The van der Waals surface area contributed by atoms with Crippen LogP contribution < -0.4 is 10.6 Å². The van der Waals surface area contributed by atoms with Gasteiger partial charge in [-0.1, -0.05) is 37.1 Å². The van der Waals surface area contributed by atoms with E-state index >= 15 is 0 Å². The zero-order valence-corrected chi connectivity index (χ0v) is 18.5. The van der Waals surface area contributed by atoms with Crippen molar-refractivity contribution in [1.82, 2.24) is 20.8 Å². The molecule has 3 rings (SSSR count). The lowest BCUT2D eigenvalue weighted by Crippen LogP contribution is -2.43. The number of ether oxygens (including phenoxy) is 1. The summed E-state index contributed by atoms with van der Waals surface area (Å²) in [5, 5.41) is 10.9. The topological polar surface area (TPSA) is 84.6 Å². The molecule has 0 amide bonds. The number of methoxy groups -OCH3 is 1. The Morgan fingerprint density at radius 2 is 1.97 bits per heavy atom. The van der Waals surface area contributed by atoms with E-state index in [1.165, 1.54) is 31.2 Å². The van der Waals surface area contributed by atoms with E-state index < -0.39 is 0 Å². The van der Waals surface area contributed by atoms with E-state index in [-0.39, 0.29) is 0 Å². The number of guanidine groups is 1. The molecule has 30 heavy (non-hydrogen) atoms. The highest BCUT2D eigenvalue weighted by Gasteiger charge is 2.33. The minimum absolute atomic E-state index is 0.343. The molecular formula is C23H35N5O2. The van der Waals surface area contributed by atoms with Gasteiger partial charge in [-0.2, -0.15) is 4.98 Å². The molecule has 0 atom stereocenters. The van der Waals surface area contributed by atoms with Crippen LogP contribution in [0.25, 0.3) is 11.5 Å². The standard InChI is InChI=1S/C23H35N5O2/c1-4-20-27-21(30-28-20)19-9-7-18(8-10-19)11-15-25-22(24-2)26-17-23(14-16-29-3)12-5-6-13-23/h7-10H,4-6,11-17H2,1-3H3,(H2,24,25,26). The Kier molecular flexibility index (Phi) is 8.25. The van der Waals surface area contributed by atoms with Crippen LogP contribution in [-0.2, 0) is 17.6 Å². The Morgan fingerprint density at radius 1 is 1.20 bits per heavy atom. The smallest absolute Gasteiger partial charge is 0.257 e. The number of nitrogens with zero attached hydrogens (tertiary/aromatic N) is 3. The molecule has 0 spiro atoms. The predicted octanol–water partition coefficient (Wildman–Crippen LogP) is 3.60. The molecule has 1 aromatic heterocycles. The lowest BCUT2D eigenvalue weighted by atomic mass is 9.83. The molecule has 0 aliphatic heterocycles. The van der Waals surface area contributed by atoms with Gasteiger partial charge in [0.05, 0.1) is 0 Å². The van der Waals surface area contributed by atoms with Gasteiger partial charge in [0.2, 0.25) is 0 Å². The third-order valence-corrected chi connectivity index (χ3v) is 6.05. The number of aromatic nitrogens is 2. The van der Waals surface area contributed by atoms with Crippen molar-refractivity contribution in [3.8, 4) is 11.5 Å². The van der Waals surface area contributed by atoms with Crippen LogP contribution in [0.3, 0.4) is 0 Å². The van der Waals surface area contributed by atoms with Crippen LogP contribution >= 0.6 is 0 Å². The highest BCUT2D eigenvalue weighted by Crippen LogP contribution is 2.40. The highest BCUT2D eigenvalue weighted by molar-refractivity contribution is 5.79. The summed E-state index contributed by atoms with van der Waals surface area (Å²) in [5.74, 6) is 2.18. The quantitative estimate of drug-likeness (QED) is 0.457. The summed E-state index contributed by atoms with van der Waals surface area (Å²) in [5.41, 5.74) is 2.55. The highest BCUT2D eigenvalue weighted by atomic mass is 16.5. The first kappa shape index (κ1) is 22.3. The summed E-state index contributed by atoms with van der Waals surface area (Å²) in [7, 11) is 3.61. The van der Waals surface area contributed by atoms with Gasteiger partial charge in [0.25, 0.3) is 5.89 Å². The average Bonchev–Trinajstić information content (AvgIpc) is 3.45. The van der Waals surface area contributed by atoms with Gasteiger partial charge in [0.15, 0.2) is 11.8 Å². The van der Waals surface area contributed by atoms with E-state index in [1.807, 2.05) is 26.1 Å². The molecule has 0 saturated heterocycles. The monoisotopic (exact) mass is 413 g/mol. The summed E-state index contributed by atoms with van der Waals surface area (Å²) in [6, 6.07) is 8.30. The SMILES string of the molecule is CCc1noc(-c2ccc(CCNC(=NC)NCC3(CCOC)CCCC3)cc2)n1. The van der Waals surface area contributed by atoms with Gasteiger partial charge in [-0.05, 0) is 48.8 Å². The molecule has 1 aliphatic carbocycles. The normalized spacial score (nSPS) is 16.0. The van der Waals surface area contributed by atoms with Gasteiger partial charge in [-0.15, -0.1) is 0 Å². The van der Waals surface area contributed by atoms with E-state index in [2.05, 4.69) is 37.9 Å². The minimum Gasteiger partial charge on any atom is -0.385 e. The van der Waals surface area contributed by atoms with Crippen molar-refractivity contribution in [3.63, 3.8) is 0 Å². The average molecular weight is 414 g/mol. The molecule has 0 radical (unpaired) electrons. The van der Waals surface area contributed by atoms with Gasteiger partial charge in [-0.25, -0.2) is 0 Å². The molecule has 1 fully saturated rings. The molecule has 7 nitrogen and oxygen atoms in total. The van der Waals surface area contributed by atoms with Crippen molar-refractivity contribution >= 4 is 5.96 Å². The Bertz CT molecular complexity index is 794. The maximum absolute atomic E-state index is 5.33. The number of benzene rings is 1. The number of hydrogen-bond donors (Lipinski definition) is 2. The number of nitrogens with one attached hydrogen (secondary N) is 2. The first-order valence-corrected chi connectivity index (χ1v) is 11.0. The van der Waals surface area contributed by atoms with Crippen LogP contribution in [0.4, 0.5) is 0 Å². The van der Waals surface area contributed by atoms with E-state index in [0.717, 1.165) is 56.3 Å². The van der Waals surface area contributed by atoms with Crippen LogP contribution in [0.15, 0.2) is 33.8 Å². The van der Waals surface area contributed by atoms with Gasteiger partial charge < -0.3 is 19.9 Å². The van der Waals surface area contributed by atoms with E-state index in [1.54, 1.807) is 7.11 Å².